The Labute approximate surface area is 280 Å². The molecule has 0 saturated carbocycles. The highest BCUT2D eigenvalue weighted by atomic mass is 35.5. The van der Waals surface area contributed by atoms with Crippen LogP contribution in [0.3, 0.4) is 0 Å². The molecule has 47 heavy (non-hydrogen) atoms. The van der Waals surface area contributed by atoms with E-state index in [-0.39, 0.29) is 50.8 Å². The first-order valence-electron chi connectivity index (χ1n) is 16.0. The van der Waals surface area contributed by atoms with E-state index in [1.54, 1.807) is 6.92 Å². The smallest absolute Gasteiger partial charge is 0.245 e. The number of rotatable bonds is 5. The number of likely N-dealkylation sites (N-methyl/N-ethyl adjacent to an activating group) is 1. The number of carbonyl (C=O) groups excluding carboxylic acids is 5. The number of halogens is 1. The highest BCUT2D eigenvalue weighted by Gasteiger charge is 2.34. The van der Waals surface area contributed by atoms with Crippen molar-refractivity contribution >= 4 is 52.8 Å². The Morgan fingerprint density at radius 1 is 0.872 bits per heavy atom. The number of nitrogens with one attached hydrogen (secondary N) is 5. The molecule has 0 bridgehead atoms. The van der Waals surface area contributed by atoms with Gasteiger partial charge < -0.3 is 36.1 Å². The number of hydrogen-bond acceptors (Lipinski definition) is 6. The fourth-order valence-corrected chi connectivity index (χ4v) is 6.09. The van der Waals surface area contributed by atoms with Crippen LogP contribution in [0.2, 0.25) is 0 Å². The van der Waals surface area contributed by atoms with E-state index >= 15 is 0 Å². The van der Waals surface area contributed by atoms with Crippen molar-refractivity contribution in [1.29, 1.82) is 0 Å². The number of benzene rings is 2. The van der Waals surface area contributed by atoms with Crippen molar-refractivity contribution in [3.8, 4) is 0 Å². The summed E-state index contributed by atoms with van der Waals surface area (Å²) in [5.74, 6) is -2.12. The van der Waals surface area contributed by atoms with Gasteiger partial charge in [0.15, 0.2) is 0 Å². The van der Waals surface area contributed by atoms with E-state index in [0.29, 0.717) is 13.0 Å². The number of piperidine rings is 1. The van der Waals surface area contributed by atoms with Gasteiger partial charge in [-0.1, -0.05) is 55.0 Å². The lowest BCUT2D eigenvalue weighted by molar-refractivity contribution is -0.142. The molecule has 252 valence electrons. The summed E-state index contributed by atoms with van der Waals surface area (Å²) in [6.45, 7) is 2.18. The summed E-state index contributed by atoms with van der Waals surface area (Å²) in [4.78, 5) is 74.0. The molecule has 5 amide bonds. The molecule has 12 nitrogen and oxygen atoms in total. The molecule has 3 heterocycles. The largest absolute Gasteiger partial charge is 0.361 e. The Hall–Kier alpha value is -4.42. The van der Waals surface area contributed by atoms with Gasteiger partial charge >= 0.3 is 0 Å². The minimum absolute atomic E-state index is 0. The first-order valence-corrected chi connectivity index (χ1v) is 16.0. The molecule has 5 N–H and O–H groups in total. The lowest BCUT2D eigenvalue weighted by Gasteiger charge is -2.31. The minimum atomic E-state index is -1.01. The standard InChI is InChI=1S/C34H43N7O5.ClH/c1-22-31(43)39-28(18-23-10-4-3-5-11-23)32(44)36-16-17-41(34(46)27-14-8-9-15-35-27)21-30(42)38-29(33(45)40(22)2)19-24-20-37-26-13-7-6-12-25(24)26;/h3-7,10-13,20,22,27-29,35,37H,8-9,14-19,21H2,1-2H3,(H,36,44)(H,38,42)(H,39,43);1H/t22-,27-,28-,29-;/m0./s1. The molecule has 1 aromatic heterocycles. The van der Waals surface area contributed by atoms with Crippen LogP contribution in [0.4, 0.5) is 0 Å². The highest BCUT2D eigenvalue weighted by molar-refractivity contribution is 5.96. The zero-order chi connectivity index (χ0) is 32.6. The minimum Gasteiger partial charge on any atom is -0.361 e. The normalized spacial score (nSPS) is 23.5. The van der Waals surface area contributed by atoms with Crippen LogP contribution in [0.25, 0.3) is 10.9 Å². The molecular weight excluding hydrogens is 622 g/mol. The van der Waals surface area contributed by atoms with Gasteiger partial charge in [-0.3, -0.25) is 24.0 Å². The van der Waals surface area contributed by atoms with Crippen LogP contribution in [0.1, 0.15) is 37.3 Å². The highest BCUT2D eigenvalue weighted by Crippen LogP contribution is 2.20. The number of aromatic amines is 1. The molecule has 0 spiro atoms. The second kappa shape index (κ2) is 16.4. The van der Waals surface area contributed by atoms with Gasteiger partial charge in [0.2, 0.25) is 29.5 Å². The predicted molar refractivity (Wildman–Crippen MR) is 181 cm³/mol. The lowest BCUT2D eigenvalue weighted by atomic mass is 10.0. The maximum absolute atomic E-state index is 14.0. The number of para-hydroxylation sites is 1. The van der Waals surface area contributed by atoms with E-state index < -0.39 is 47.8 Å². The number of amides is 5. The van der Waals surface area contributed by atoms with Gasteiger partial charge in [-0.2, -0.15) is 0 Å². The van der Waals surface area contributed by atoms with Gasteiger partial charge in [-0.25, -0.2) is 0 Å². The maximum Gasteiger partial charge on any atom is 0.245 e. The Balaban J connectivity index is 0.00000500. The van der Waals surface area contributed by atoms with Crippen molar-refractivity contribution in [1.82, 2.24) is 36.1 Å². The van der Waals surface area contributed by atoms with E-state index in [4.69, 9.17) is 0 Å². The van der Waals surface area contributed by atoms with Gasteiger partial charge in [-0.15, -0.1) is 12.4 Å². The Kier molecular flexibility index (Phi) is 12.4. The third-order valence-electron chi connectivity index (χ3n) is 8.89. The van der Waals surface area contributed by atoms with Crippen molar-refractivity contribution in [2.45, 2.75) is 63.2 Å². The molecular formula is C34H44ClN7O5. The van der Waals surface area contributed by atoms with Crippen LogP contribution in [0.5, 0.6) is 0 Å². The molecule has 0 radical (unpaired) electrons. The Morgan fingerprint density at radius 3 is 2.36 bits per heavy atom. The molecule has 2 saturated heterocycles. The second-order valence-corrected chi connectivity index (χ2v) is 12.1. The SMILES string of the molecule is C[C@H]1C(=O)N[C@@H](Cc2ccccc2)C(=O)NCCN(C(=O)[C@@H]2CCCCN2)CC(=O)N[C@@H](Cc2c[nH]c3ccccc23)C(=O)N1C.Cl. The Bertz CT molecular complexity index is 1560. The van der Waals surface area contributed by atoms with Crippen LogP contribution >= 0.6 is 12.4 Å². The molecule has 13 heteroatoms. The fraction of sp³-hybridized carbons (Fsp3) is 0.441. The van der Waals surface area contributed by atoms with Crippen LogP contribution in [0, 0.1) is 0 Å². The van der Waals surface area contributed by atoms with Gasteiger partial charge in [0.1, 0.15) is 18.1 Å². The molecule has 0 unspecified atom stereocenters. The number of nitrogens with zero attached hydrogens (tertiary/aromatic N) is 2. The second-order valence-electron chi connectivity index (χ2n) is 12.1. The third kappa shape index (κ3) is 8.89. The van der Waals surface area contributed by atoms with Crippen LogP contribution in [0.15, 0.2) is 60.8 Å². The molecule has 0 aliphatic carbocycles. The van der Waals surface area contributed by atoms with Crippen LogP contribution in [-0.2, 0) is 36.8 Å². The van der Waals surface area contributed by atoms with Gasteiger partial charge in [0.05, 0.1) is 12.6 Å². The number of H-pyrrole nitrogens is 1. The number of fused-ring (bicyclic) bond motifs is 1. The number of carbonyl (C=O) groups is 5. The van der Waals surface area contributed by atoms with Crippen molar-refractivity contribution < 1.29 is 24.0 Å². The topological polar surface area (TPSA) is 156 Å². The first kappa shape index (κ1) is 35.4. The van der Waals surface area contributed by atoms with Gasteiger partial charge in [-0.05, 0) is 43.5 Å². The summed E-state index contributed by atoms with van der Waals surface area (Å²) in [5.41, 5.74) is 2.58. The molecule has 4 atom stereocenters. The maximum atomic E-state index is 14.0. The van der Waals surface area contributed by atoms with E-state index in [2.05, 4.69) is 26.3 Å². The molecule has 2 fully saturated rings. The summed E-state index contributed by atoms with van der Waals surface area (Å²) in [5, 5.41) is 12.7. The summed E-state index contributed by atoms with van der Waals surface area (Å²) in [6, 6.07) is 13.7. The quantitative estimate of drug-likeness (QED) is 0.277. The van der Waals surface area contributed by atoms with E-state index in [1.807, 2.05) is 60.8 Å². The lowest BCUT2D eigenvalue weighted by Crippen LogP contribution is -2.57. The van der Waals surface area contributed by atoms with Crippen molar-refractivity contribution in [2.75, 3.05) is 33.2 Å². The van der Waals surface area contributed by atoms with Crippen LogP contribution < -0.4 is 21.3 Å². The van der Waals surface area contributed by atoms with Crippen molar-refractivity contribution in [3.63, 3.8) is 0 Å². The monoisotopic (exact) mass is 665 g/mol. The van der Waals surface area contributed by atoms with E-state index in [0.717, 1.165) is 34.9 Å². The number of hydrogen-bond donors (Lipinski definition) is 5. The molecule has 2 aliphatic heterocycles. The van der Waals surface area contributed by atoms with Crippen molar-refractivity contribution in [3.05, 3.63) is 71.9 Å². The molecule has 5 rings (SSSR count). The van der Waals surface area contributed by atoms with Crippen LogP contribution in [-0.4, -0.2) is 102 Å². The van der Waals surface area contributed by atoms with E-state index in [1.165, 1.54) is 16.8 Å². The summed E-state index contributed by atoms with van der Waals surface area (Å²) >= 11 is 0. The van der Waals surface area contributed by atoms with Gasteiger partial charge in [0.25, 0.3) is 0 Å². The predicted octanol–water partition coefficient (Wildman–Crippen LogP) is 1.29. The van der Waals surface area contributed by atoms with Crippen molar-refractivity contribution in [2.24, 2.45) is 0 Å². The average molecular weight is 666 g/mol. The molecule has 2 aliphatic rings. The number of aromatic nitrogens is 1. The summed E-state index contributed by atoms with van der Waals surface area (Å²) < 4.78 is 0. The summed E-state index contributed by atoms with van der Waals surface area (Å²) in [7, 11) is 1.51. The summed E-state index contributed by atoms with van der Waals surface area (Å²) in [6.07, 6.45) is 4.73. The first-order chi connectivity index (χ1) is 22.2. The average Bonchev–Trinajstić information content (AvgIpc) is 3.48. The fourth-order valence-electron chi connectivity index (χ4n) is 6.09. The van der Waals surface area contributed by atoms with Gasteiger partial charge in [0, 0.05) is 50.1 Å². The molecule has 2 aromatic carbocycles. The Morgan fingerprint density at radius 2 is 1.62 bits per heavy atom. The third-order valence-corrected chi connectivity index (χ3v) is 8.89. The zero-order valence-corrected chi connectivity index (χ0v) is 27.6. The van der Waals surface area contributed by atoms with E-state index in [9.17, 15) is 24.0 Å². The molecule has 3 aromatic rings. The zero-order valence-electron chi connectivity index (χ0n) is 26.8.